The van der Waals surface area contributed by atoms with E-state index in [2.05, 4.69) is 26.1 Å². The lowest BCUT2D eigenvalue weighted by Crippen LogP contribution is -2.45. The Hall–Kier alpha value is -2.19. The number of pyridine rings is 1. The molecule has 3 atom stereocenters. The Bertz CT molecular complexity index is 1180. The Morgan fingerprint density at radius 1 is 1.03 bits per heavy atom. The summed E-state index contributed by atoms with van der Waals surface area (Å²) in [5.41, 5.74) is -0.350. The summed E-state index contributed by atoms with van der Waals surface area (Å²) in [6, 6.07) is 6.84. The summed E-state index contributed by atoms with van der Waals surface area (Å²) < 4.78 is 29.9. The average Bonchev–Trinajstić information content (AvgIpc) is 2.79. The molecule has 0 radical (unpaired) electrons. The molecule has 1 aliphatic carbocycles. The lowest BCUT2D eigenvalue weighted by atomic mass is 9.78. The summed E-state index contributed by atoms with van der Waals surface area (Å²) in [5.74, 6) is 1.15. The molecule has 1 amide bonds. The number of sulfonamides is 1. The predicted octanol–water partition coefficient (Wildman–Crippen LogP) is 3.36. The minimum atomic E-state index is -3.79. The van der Waals surface area contributed by atoms with Gasteiger partial charge in [0.25, 0.3) is 5.56 Å². The van der Waals surface area contributed by atoms with Gasteiger partial charge in [-0.3, -0.25) is 9.59 Å². The van der Waals surface area contributed by atoms with Crippen molar-refractivity contribution in [2.45, 2.75) is 70.4 Å². The highest BCUT2D eigenvalue weighted by atomic mass is 32.2. The van der Waals surface area contributed by atoms with Crippen molar-refractivity contribution in [1.29, 1.82) is 0 Å². The van der Waals surface area contributed by atoms with Gasteiger partial charge in [0.15, 0.2) is 0 Å². The smallest absolute Gasteiger partial charge is 0.258 e. The number of nitrogens with zero attached hydrogens (tertiary/aromatic N) is 2. The van der Waals surface area contributed by atoms with Crippen LogP contribution < -0.4 is 10.9 Å². The number of carbonyl (C=O) groups excluding carboxylic acids is 1. The molecule has 1 aromatic carbocycles. The first kappa shape index (κ1) is 24.0. The van der Waals surface area contributed by atoms with Gasteiger partial charge in [-0.25, -0.2) is 8.42 Å². The van der Waals surface area contributed by atoms with Gasteiger partial charge in [-0.15, -0.1) is 0 Å². The fourth-order valence-corrected chi connectivity index (χ4v) is 6.88. The van der Waals surface area contributed by atoms with Crippen LogP contribution in [0.4, 0.5) is 0 Å². The van der Waals surface area contributed by atoms with Crippen molar-refractivity contribution in [2.24, 2.45) is 17.8 Å². The molecule has 2 aliphatic rings. The molecule has 7 nitrogen and oxygen atoms in total. The first-order valence-corrected chi connectivity index (χ1v) is 13.5. The summed E-state index contributed by atoms with van der Waals surface area (Å²) in [4.78, 5) is 26.1. The van der Waals surface area contributed by atoms with E-state index in [9.17, 15) is 18.0 Å². The monoisotopic (exact) mass is 473 g/mol. The highest BCUT2D eigenvalue weighted by Gasteiger charge is 2.31. The van der Waals surface area contributed by atoms with Gasteiger partial charge in [-0.05, 0) is 43.1 Å². The van der Waals surface area contributed by atoms with Gasteiger partial charge >= 0.3 is 0 Å². The molecule has 8 heteroatoms. The predicted molar refractivity (Wildman–Crippen MR) is 129 cm³/mol. The Morgan fingerprint density at radius 3 is 2.39 bits per heavy atom. The van der Waals surface area contributed by atoms with Gasteiger partial charge in [0.05, 0.1) is 0 Å². The molecule has 33 heavy (non-hydrogen) atoms. The maximum atomic E-state index is 13.6. The molecular weight excluding hydrogens is 438 g/mol. The van der Waals surface area contributed by atoms with Gasteiger partial charge in [0.1, 0.15) is 11.4 Å². The quantitative estimate of drug-likeness (QED) is 0.721. The van der Waals surface area contributed by atoms with Crippen molar-refractivity contribution in [3.05, 3.63) is 40.8 Å². The number of hydrogen-bond donors (Lipinski definition) is 1. The fourth-order valence-electron chi connectivity index (χ4n) is 5.19. The third kappa shape index (κ3) is 4.87. The van der Waals surface area contributed by atoms with E-state index in [1.807, 2.05) is 0 Å². The van der Waals surface area contributed by atoms with Crippen LogP contribution in [-0.2, 0) is 21.4 Å². The zero-order valence-corrected chi connectivity index (χ0v) is 20.6. The zero-order valence-electron chi connectivity index (χ0n) is 19.8. The molecule has 0 spiro atoms. The van der Waals surface area contributed by atoms with Crippen molar-refractivity contribution >= 4 is 26.7 Å². The van der Waals surface area contributed by atoms with Gasteiger partial charge in [-0.1, -0.05) is 51.8 Å². The molecule has 1 saturated carbocycles. The molecule has 1 aliphatic heterocycles. The molecule has 2 heterocycles. The van der Waals surface area contributed by atoms with E-state index in [1.54, 1.807) is 24.3 Å². The van der Waals surface area contributed by atoms with E-state index in [1.165, 1.54) is 15.1 Å². The highest BCUT2D eigenvalue weighted by Crippen LogP contribution is 2.30. The number of amides is 1. The molecule has 2 aromatic rings. The van der Waals surface area contributed by atoms with Gasteiger partial charge in [0, 0.05) is 36.1 Å². The van der Waals surface area contributed by atoms with E-state index in [-0.39, 0.29) is 28.9 Å². The van der Waals surface area contributed by atoms with Gasteiger partial charge < -0.3 is 9.88 Å². The van der Waals surface area contributed by atoms with Crippen LogP contribution in [0, 0.1) is 17.8 Å². The Labute approximate surface area is 196 Å². The van der Waals surface area contributed by atoms with Gasteiger partial charge in [0.2, 0.25) is 15.9 Å². The highest BCUT2D eigenvalue weighted by molar-refractivity contribution is 7.89. The van der Waals surface area contributed by atoms with Crippen LogP contribution in [0.3, 0.4) is 0 Å². The molecule has 0 unspecified atom stereocenters. The van der Waals surface area contributed by atoms with Crippen LogP contribution >= 0.6 is 0 Å². The second-order valence-electron chi connectivity index (χ2n) is 10.00. The molecule has 2 fully saturated rings. The van der Waals surface area contributed by atoms with Gasteiger partial charge in [-0.2, -0.15) is 4.31 Å². The number of piperidine rings is 1. The van der Waals surface area contributed by atoms with Crippen LogP contribution in [0.5, 0.6) is 0 Å². The Morgan fingerprint density at radius 2 is 1.70 bits per heavy atom. The third-order valence-electron chi connectivity index (χ3n) is 7.68. The molecular formula is C25H35N3O4S. The topological polar surface area (TPSA) is 88.5 Å². The van der Waals surface area contributed by atoms with Crippen LogP contribution in [0.2, 0.25) is 0 Å². The van der Waals surface area contributed by atoms with Crippen molar-refractivity contribution in [3.63, 3.8) is 0 Å². The largest absolute Gasteiger partial charge is 0.352 e. The van der Waals surface area contributed by atoms with E-state index >= 15 is 0 Å². The van der Waals surface area contributed by atoms with E-state index in [0.29, 0.717) is 41.6 Å². The number of rotatable bonds is 5. The van der Waals surface area contributed by atoms with Crippen molar-refractivity contribution in [1.82, 2.24) is 14.2 Å². The number of hydrogen-bond acceptors (Lipinski definition) is 4. The molecule has 1 N–H and O–H groups in total. The number of fused-ring (bicyclic) bond motifs is 1. The summed E-state index contributed by atoms with van der Waals surface area (Å²) in [6.45, 7) is 7.23. The normalized spacial score (nSPS) is 25.2. The van der Waals surface area contributed by atoms with Crippen LogP contribution in [-0.4, -0.2) is 42.3 Å². The van der Waals surface area contributed by atoms with E-state index in [4.69, 9.17) is 0 Å². The van der Waals surface area contributed by atoms with Crippen molar-refractivity contribution in [2.75, 3.05) is 13.1 Å². The molecule has 1 aromatic heterocycles. The molecule has 1 saturated heterocycles. The fraction of sp³-hybridized carbons (Fsp3) is 0.600. The average molecular weight is 474 g/mol. The lowest BCUT2D eigenvalue weighted by Gasteiger charge is -2.34. The van der Waals surface area contributed by atoms with E-state index < -0.39 is 10.0 Å². The van der Waals surface area contributed by atoms with Crippen LogP contribution in [0.15, 0.2) is 40.2 Å². The molecule has 0 bridgehead atoms. The standard InChI is InChI=1S/C25H35N3O4S/c1-17-11-13-28(14-12-17)33(31,32)23-15-27(25(30)21-9-5-4-8-20(21)23)16-24(29)26-22-10-6-7-18(2)19(22)3/h4-5,8-9,15,17-19,22H,6-7,10-14,16H2,1-3H3,(H,26,29)/t18-,19+,22+/m0/s1. The molecule has 4 rings (SSSR count). The maximum Gasteiger partial charge on any atom is 0.258 e. The lowest BCUT2D eigenvalue weighted by molar-refractivity contribution is -0.123. The third-order valence-corrected chi connectivity index (χ3v) is 9.61. The van der Waals surface area contributed by atoms with Crippen molar-refractivity contribution in [3.8, 4) is 0 Å². The van der Waals surface area contributed by atoms with E-state index in [0.717, 1.165) is 32.1 Å². The second-order valence-corrected chi connectivity index (χ2v) is 11.9. The number of nitrogens with one attached hydrogen (secondary N) is 1. The first-order valence-electron chi connectivity index (χ1n) is 12.1. The first-order chi connectivity index (χ1) is 15.7. The summed E-state index contributed by atoms with van der Waals surface area (Å²) in [5, 5.41) is 3.82. The molecule has 180 valence electrons. The number of carbonyl (C=O) groups is 1. The van der Waals surface area contributed by atoms with Crippen LogP contribution in [0.1, 0.15) is 52.9 Å². The maximum absolute atomic E-state index is 13.6. The summed E-state index contributed by atoms with van der Waals surface area (Å²) in [6.07, 6.45) is 6.16. The number of aromatic nitrogens is 1. The minimum Gasteiger partial charge on any atom is -0.352 e. The summed E-state index contributed by atoms with van der Waals surface area (Å²) in [7, 11) is -3.79. The Balaban J connectivity index is 1.66. The number of benzene rings is 1. The zero-order chi connectivity index (χ0) is 23.8. The SMILES string of the molecule is CC1CCN(S(=O)(=O)c2cn(CC(=O)N[C@@H]3CCC[C@H](C)[C@H]3C)c(=O)c3ccccc23)CC1. The summed E-state index contributed by atoms with van der Waals surface area (Å²) >= 11 is 0. The minimum absolute atomic E-state index is 0.0796. The van der Waals surface area contributed by atoms with Crippen molar-refractivity contribution < 1.29 is 13.2 Å². The van der Waals surface area contributed by atoms with Crippen LogP contribution in [0.25, 0.3) is 10.8 Å². The second kappa shape index (κ2) is 9.58. The Kier molecular flexibility index (Phi) is 6.96.